The van der Waals surface area contributed by atoms with Gasteiger partial charge in [-0.15, -0.1) is 0 Å². The average molecular weight is 338 g/mol. The van der Waals surface area contributed by atoms with Crippen LogP contribution >= 0.6 is 0 Å². The summed E-state index contributed by atoms with van der Waals surface area (Å²) < 4.78 is 5.40. The van der Waals surface area contributed by atoms with E-state index >= 15 is 0 Å². The fourth-order valence-corrected chi connectivity index (χ4v) is 3.19. The van der Waals surface area contributed by atoms with Crippen LogP contribution in [0, 0.1) is 6.92 Å². The Kier molecular flexibility index (Phi) is 5.71. The molecule has 0 radical (unpaired) electrons. The molecule has 0 aliphatic carbocycles. The number of anilines is 2. The van der Waals surface area contributed by atoms with E-state index in [1.165, 1.54) is 11.3 Å². The fourth-order valence-electron chi connectivity index (χ4n) is 3.19. The standard InChI is InChI=1S/C21H26N2O2/c1-16(18-6-4-3-5-7-18)15-21(24)22-20-9-8-19(14-17(20)2)23-10-12-25-13-11-23/h3-9,14,16H,10-13,15H2,1-2H3,(H,22,24). The smallest absolute Gasteiger partial charge is 0.224 e. The Morgan fingerprint density at radius 3 is 2.56 bits per heavy atom. The molecule has 0 aromatic heterocycles. The second-order valence-corrected chi connectivity index (χ2v) is 6.66. The van der Waals surface area contributed by atoms with Gasteiger partial charge in [0.05, 0.1) is 13.2 Å². The van der Waals surface area contributed by atoms with Crippen LogP contribution in [0.4, 0.5) is 11.4 Å². The maximum Gasteiger partial charge on any atom is 0.224 e. The van der Waals surface area contributed by atoms with Gasteiger partial charge in [0, 0.05) is 30.9 Å². The lowest BCUT2D eigenvalue weighted by Crippen LogP contribution is -2.36. The molecule has 0 bridgehead atoms. The topological polar surface area (TPSA) is 41.6 Å². The van der Waals surface area contributed by atoms with Crippen molar-refractivity contribution in [3.8, 4) is 0 Å². The van der Waals surface area contributed by atoms with Crippen LogP contribution in [0.15, 0.2) is 48.5 Å². The van der Waals surface area contributed by atoms with Gasteiger partial charge in [0.25, 0.3) is 0 Å². The maximum absolute atomic E-state index is 12.4. The van der Waals surface area contributed by atoms with Crippen LogP contribution < -0.4 is 10.2 Å². The number of ether oxygens (including phenoxy) is 1. The average Bonchev–Trinajstić information content (AvgIpc) is 2.65. The zero-order valence-corrected chi connectivity index (χ0v) is 15.0. The number of hydrogen-bond donors (Lipinski definition) is 1. The lowest BCUT2D eigenvalue weighted by molar-refractivity contribution is -0.116. The number of aryl methyl sites for hydroxylation is 1. The highest BCUT2D eigenvalue weighted by Crippen LogP contribution is 2.25. The maximum atomic E-state index is 12.4. The zero-order valence-electron chi connectivity index (χ0n) is 15.0. The molecule has 25 heavy (non-hydrogen) atoms. The van der Waals surface area contributed by atoms with Gasteiger partial charge < -0.3 is 15.0 Å². The van der Waals surface area contributed by atoms with Crippen molar-refractivity contribution in [2.24, 2.45) is 0 Å². The van der Waals surface area contributed by atoms with Crippen molar-refractivity contribution < 1.29 is 9.53 Å². The summed E-state index contributed by atoms with van der Waals surface area (Å²) in [4.78, 5) is 14.7. The van der Waals surface area contributed by atoms with Crippen LogP contribution in [0.25, 0.3) is 0 Å². The van der Waals surface area contributed by atoms with Crippen LogP contribution in [0.5, 0.6) is 0 Å². The summed E-state index contributed by atoms with van der Waals surface area (Å²) >= 11 is 0. The van der Waals surface area contributed by atoms with Crippen LogP contribution in [0.2, 0.25) is 0 Å². The Bertz CT molecular complexity index is 709. The Labute approximate surface area is 149 Å². The molecule has 1 saturated heterocycles. The molecular weight excluding hydrogens is 312 g/mol. The molecule has 4 heteroatoms. The van der Waals surface area contributed by atoms with E-state index in [2.05, 4.69) is 41.4 Å². The summed E-state index contributed by atoms with van der Waals surface area (Å²) in [5.74, 6) is 0.257. The van der Waals surface area contributed by atoms with Gasteiger partial charge in [-0.1, -0.05) is 37.3 Å². The number of nitrogens with one attached hydrogen (secondary N) is 1. The van der Waals surface area contributed by atoms with Crippen LogP contribution in [-0.2, 0) is 9.53 Å². The number of amides is 1. The van der Waals surface area contributed by atoms with Crippen molar-refractivity contribution in [1.82, 2.24) is 0 Å². The predicted molar refractivity (Wildman–Crippen MR) is 102 cm³/mol. The molecule has 1 unspecified atom stereocenters. The molecule has 2 aromatic carbocycles. The molecule has 3 rings (SSSR count). The molecule has 1 heterocycles. The first-order chi connectivity index (χ1) is 12.1. The minimum Gasteiger partial charge on any atom is -0.378 e. The van der Waals surface area contributed by atoms with Gasteiger partial charge in [0.2, 0.25) is 5.91 Å². The zero-order chi connectivity index (χ0) is 17.6. The van der Waals surface area contributed by atoms with Crippen molar-refractivity contribution in [3.63, 3.8) is 0 Å². The van der Waals surface area contributed by atoms with E-state index in [9.17, 15) is 4.79 Å². The number of carbonyl (C=O) groups is 1. The number of morpholine rings is 1. The lowest BCUT2D eigenvalue weighted by Gasteiger charge is -2.29. The van der Waals surface area contributed by atoms with Crippen molar-refractivity contribution in [3.05, 3.63) is 59.7 Å². The van der Waals surface area contributed by atoms with E-state index in [1.807, 2.05) is 31.2 Å². The second-order valence-electron chi connectivity index (χ2n) is 6.66. The van der Waals surface area contributed by atoms with Crippen molar-refractivity contribution >= 4 is 17.3 Å². The van der Waals surface area contributed by atoms with Gasteiger partial charge in [-0.25, -0.2) is 0 Å². The molecule has 1 aliphatic rings. The molecular formula is C21H26N2O2. The third-order valence-electron chi connectivity index (χ3n) is 4.72. The van der Waals surface area contributed by atoms with Gasteiger partial charge in [-0.2, -0.15) is 0 Å². The lowest BCUT2D eigenvalue weighted by atomic mass is 9.97. The van der Waals surface area contributed by atoms with Gasteiger partial charge in [-0.3, -0.25) is 4.79 Å². The highest BCUT2D eigenvalue weighted by molar-refractivity contribution is 5.92. The van der Waals surface area contributed by atoms with Crippen molar-refractivity contribution in [1.29, 1.82) is 0 Å². The monoisotopic (exact) mass is 338 g/mol. The highest BCUT2D eigenvalue weighted by atomic mass is 16.5. The van der Waals surface area contributed by atoms with E-state index in [0.29, 0.717) is 6.42 Å². The number of nitrogens with zero attached hydrogens (tertiary/aromatic N) is 1. The molecule has 1 atom stereocenters. The van der Waals surface area contributed by atoms with E-state index in [1.54, 1.807) is 0 Å². The van der Waals surface area contributed by atoms with Crippen LogP contribution in [-0.4, -0.2) is 32.2 Å². The molecule has 1 amide bonds. The van der Waals surface area contributed by atoms with Crippen molar-refractivity contribution in [2.45, 2.75) is 26.2 Å². The minimum absolute atomic E-state index is 0.0542. The van der Waals surface area contributed by atoms with Crippen molar-refractivity contribution in [2.75, 3.05) is 36.5 Å². The fraction of sp³-hybridized carbons (Fsp3) is 0.381. The molecule has 4 nitrogen and oxygen atoms in total. The van der Waals surface area contributed by atoms with Gasteiger partial charge in [-0.05, 0) is 42.2 Å². The summed E-state index contributed by atoms with van der Waals surface area (Å²) in [6.45, 7) is 7.51. The van der Waals surface area contributed by atoms with Crippen LogP contribution in [0.3, 0.4) is 0 Å². The molecule has 1 aliphatic heterocycles. The first-order valence-corrected chi connectivity index (χ1v) is 8.91. The normalized spacial score (nSPS) is 15.7. The summed E-state index contributed by atoms with van der Waals surface area (Å²) in [6, 6.07) is 16.4. The molecule has 132 valence electrons. The first-order valence-electron chi connectivity index (χ1n) is 8.91. The van der Waals surface area contributed by atoms with Crippen LogP contribution in [0.1, 0.15) is 30.4 Å². The van der Waals surface area contributed by atoms with E-state index in [-0.39, 0.29) is 11.8 Å². The Morgan fingerprint density at radius 1 is 1.16 bits per heavy atom. The second kappa shape index (κ2) is 8.17. The van der Waals surface area contributed by atoms with E-state index in [0.717, 1.165) is 37.6 Å². The third kappa shape index (κ3) is 4.60. The molecule has 1 N–H and O–H groups in total. The number of benzene rings is 2. The Morgan fingerprint density at radius 2 is 1.88 bits per heavy atom. The third-order valence-corrected chi connectivity index (χ3v) is 4.72. The summed E-state index contributed by atoms with van der Waals surface area (Å²) in [5.41, 5.74) is 4.36. The molecule has 1 fully saturated rings. The molecule has 2 aromatic rings. The summed E-state index contributed by atoms with van der Waals surface area (Å²) in [6.07, 6.45) is 0.481. The largest absolute Gasteiger partial charge is 0.378 e. The van der Waals surface area contributed by atoms with Gasteiger partial charge in [0.15, 0.2) is 0 Å². The quantitative estimate of drug-likeness (QED) is 0.897. The predicted octanol–water partition coefficient (Wildman–Crippen LogP) is 3.96. The van der Waals surface area contributed by atoms with E-state index < -0.39 is 0 Å². The highest BCUT2D eigenvalue weighted by Gasteiger charge is 2.14. The minimum atomic E-state index is 0.0542. The molecule has 0 saturated carbocycles. The van der Waals surface area contributed by atoms with E-state index in [4.69, 9.17) is 4.74 Å². The summed E-state index contributed by atoms with van der Waals surface area (Å²) in [7, 11) is 0. The SMILES string of the molecule is Cc1cc(N2CCOCC2)ccc1NC(=O)CC(C)c1ccccc1. The number of hydrogen-bond acceptors (Lipinski definition) is 3. The van der Waals surface area contributed by atoms with Gasteiger partial charge >= 0.3 is 0 Å². The van der Waals surface area contributed by atoms with Gasteiger partial charge in [0.1, 0.15) is 0 Å². The number of rotatable bonds is 5. The molecule has 0 spiro atoms. The Hall–Kier alpha value is -2.33. The number of carbonyl (C=O) groups excluding carboxylic acids is 1. The first kappa shape index (κ1) is 17.5. The summed E-state index contributed by atoms with van der Waals surface area (Å²) in [5, 5.41) is 3.06. The Balaban J connectivity index is 1.61.